The Kier molecular flexibility index (Phi) is 4.36. The van der Waals surface area contributed by atoms with Gasteiger partial charge in [-0.1, -0.05) is 30.3 Å². The van der Waals surface area contributed by atoms with E-state index in [1.54, 1.807) is 0 Å². The van der Waals surface area contributed by atoms with Gasteiger partial charge in [0.25, 0.3) is 0 Å². The first kappa shape index (κ1) is 15.2. The van der Waals surface area contributed by atoms with Gasteiger partial charge in [-0.15, -0.1) is 0 Å². The predicted octanol–water partition coefficient (Wildman–Crippen LogP) is 2.76. The standard InChI is InChI=1S/C19H25NO3/c21-19(17-11-15-8-9-18(17)23-15)20(13-16-7-4-10-22-16)12-14-5-2-1-3-6-14/h1-3,5-6,15-18H,4,7-13H2/t15-,16+,17-,18-/m1/s1. The van der Waals surface area contributed by atoms with E-state index in [2.05, 4.69) is 12.1 Å². The second-order valence-corrected chi connectivity index (χ2v) is 7.06. The summed E-state index contributed by atoms with van der Waals surface area (Å²) in [6.07, 6.45) is 5.90. The maximum atomic E-state index is 13.1. The van der Waals surface area contributed by atoms with Crippen molar-refractivity contribution in [3.8, 4) is 0 Å². The molecule has 4 rings (SSSR count). The SMILES string of the molecule is O=C([C@@H]1C[C@H]2CC[C@H]1O2)N(Cc1ccccc1)C[C@@H]1CCCO1. The Morgan fingerprint density at radius 3 is 2.70 bits per heavy atom. The molecule has 3 saturated heterocycles. The molecule has 1 aromatic rings. The van der Waals surface area contributed by atoms with Gasteiger partial charge in [-0.3, -0.25) is 4.79 Å². The highest BCUT2D eigenvalue weighted by atomic mass is 16.5. The number of amides is 1. The first-order chi connectivity index (χ1) is 11.3. The van der Waals surface area contributed by atoms with Crippen LogP contribution >= 0.6 is 0 Å². The molecule has 1 aromatic carbocycles. The van der Waals surface area contributed by atoms with Crippen LogP contribution in [0.5, 0.6) is 0 Å². The Morgan fingerprint density at radius 1 is 1.17 bits per heavy atom. The van der Waals surface area contributed by atoms with Crippen molar-refractivity contribution in [2.45, 2.75) is 57.0 Å². The van der Waals surface area contributed by atoms with E-state index in [-0.39, 0.29) is 24.0 Å². The number of hydrogen-bond donors (Lipinski definition) is 0. The molecule has 3 aliphatic heterocycles. The molecule has 0 radical (unpaired) electrons. The van der Waals surface area contributed by atoms with Gasteiger partial charge in [-0.2, -0.15) is 0 Å². The molecule has 0 unspecified atom stereocenters. The van der Waals surface area contributed by atoms with Gasteiger partial charge < -0.3 is 14.4 Å². The largest absolute Gasteiger partial charge is 0.376 e. The molecule has 3 heterocycles. The number of nitrogens with zero attached hydrogens (tertiary/aromatic N) is 1. The van der Waals surface area contributed by atoms with Gasteiger partial charge in [-0.25, -0.2) is 0 Å². The molecular formula is C19H25NO3. The van der Waals surface area contributed by atoms with Crippen LogP contribution in [0.3, 0.4) is 0 Å². The summed E-state index contributed by atoms with van der Waals surface area (Å²) in [5.74, 6) is 0.315. The number of benzene rings is 1. The summed E-state index contributed by atoms with van der Waals surface area (Å²) in [6, 6.07) is 10.3. The van der Waals surface area contributed by atoms with E-state index in [0.29, 0.717) is 19.2 Å². The molecule has 124 valence electrons. The molecule has 4 heteroatoms. The van der Waals surface area contributed by atoms with Crippen molar-refractivity contribution in [1.29, 1.82) is 0 Å². The van der Waals surface area contributed by atoms with Crippen LogP contribution in [-0.4, -0.2) is 42.3 Å². The molecule has 4 atom stereocenters. The summed E-state index contributed by atoms with van der Waals surface area (Å²) >= 11 is 0. The van der Waals surface area contributed by atoms with Crippen molar-refractivity contribution in [2.24, 2.45) is 5.92 Å². The Balaban J connectivity index is 1.48. The van der Waals surface area contributed by atoms with Gasteiger partial charge in [0.05, 0.1) is 24.2 Å². The van der Waals surface area contributed by atoms with E-state index >= 15 is 0 Å². The van der Waals surface area contributed by atoms with E-state index in [0.717, 1.165) is 38.7 Å². The lowest BCUT2D eigenvalue weighted by molar-refractivity contribution is -0.139. The molecule has 0 aromatic heterocycles. The maximum absolute atomic E-state index is 13.1. The van der Waals surface area contributed by atoms with E-state index in [1.807, 2.05) is 23.1 Å². The van der Waals surface area contributed by atoms with Crippen molar-refractivity contribution in [1.82, 2.24) is 4.90 Å². The molecule has 3 fully saturated rings. The van der Waals surface area contributed by atoms with Crippen molar-refractivity contribution >= 4 is 5.91 Å². The summed E-state index contributed by atoms with van der Waals surface area (Å²) < 4.78 is 11.7. The summed E-state index contributed by atoms with van der Waals surface area (Å²) in [7, 11) is 0. The molecule has 0 aliphatic carbocycles. The van der Waals surface area contributed by atoms with E-state index in [9.17, 15) is 4.79 Å². The van der Waals surface area contributed by atoms with Crippen LogP contribution in [0.1, 0.15) is 37.7 Å². The van der Waals surface area contributed by atoms with Gasteiger partial charge >= 0.3 is 0 Å². The van der Waals surface area contributed by atoms with Crippen LogP contribution in [0.2, 0.25) is 0 Å². The average molecular weight is 315 g/mol. The minimum Gasteiger partial charge on any atom is -0.376 e. The second-order valence-electron chi connectivity index (χ2n) is 7.06. The lowest BCUT2D eigenvalue weighted by Crippen LogP contribution is -2.43. The van der Waals surface area contributed by atoms with Gasteiger partial charge in [0, 0.05) is 19.7 Å². The molecule has 4 nitrogen and oxygen atoms in total. The smallest absolute Gasteiger partial charge is 0.228 e. The fourth-order valence-electron chi connectivity index (χ4n) is 4.20. The molecule has 0 N–H and O–H groups in total. The fourth-order valence-corrected chi connectivity index (χ4v) is 4.20. The summed E-state index contributed by atoms with van der Waals surface area (Å²) in [5.41, 5.74) is 1.18. The van der Waals surface area contributed by atoms with E-state index < -0.39 is 0 Å². The van der Waals surface area contributed by atoms with Crippen molar-refractivity contribution < 1.29 is 14.3 Å². The molecule has 23 heavy (non-hydrogen) atoms. The summed E-state index contributed by atoms with van der Waals surface area (Å²) in [4.78, 5) is 15.1. The number of carbonyl (C=O) groups is 1. The second kappa shape index (κ2) is 6.62. The minimum absolute atomic E-state index is 0.0545. The third-order valence-corrected chi connectivity index (χ3v) is 5.40. The normalized spacial score (nSPS) is 32.3. The highest BCUT2D eigenvalue weighted by molar-refractivity contribution is 5.80. The molecule has 2 bridgehead atoms. The number of carbonyl (C=O) groups excluding carboxylic acids is 1. The van der Waals surface area contributed by atoms with Crippen LogP contribution < -0.4 is 0 Å². The van der Waals surface area contributed by atoms with E-state index in [1.165, 1.54) is 5.56 Å². The van der Waals surface area contributed by atoms with Crippen molar-refractivity contribution in [3.63, 3.8) is 0 Å². The zero-order valence-corrected chi connectivity index (χ0v) is 13.5. The van der Waals surface area contributed by atoms with Gasteiger partial charge in [0.2, 0.25) is 5.91 Å². The average Bonchev–Trinajstić information content (AvgIpc) is 3.32. The lowest BCUT2D eigenvalue weighted by atomic mass is 9.88. The molecule has 3 aliphatic rings. The fraction of sp³-hybridized carbons (Fsp3) is 0.632. The summed E-state index contributed by atoms with van der Waals surface area (Å²) in [5, 5.41) is 0. The van der Waals surface area contributed by atoms with Crippen LogP contribution in [0.4, 0.5) is 0 Å². The van der Waals surface area contributed by atoms with Crippen LogP contribution in [0.25, 0.3) is 0 Å². The Hall–Kier alpha value is -1.39. The van der Waals surface area contributed by atoms with Crippen molar-refractivity contribution in [2.75, 3.05) is 13.2 Å². The molecule has 0 spiro atoms. The lowest BCUT2D eigenvalue weighted by Gasteiger charge is -2.30. The third kappa shape index (κ3) is 3.29. The van der Waals surface area contributed by atoms with Gasteiger partial charge in [0.15, 0.2) is 0 Å². The first-order valence-electron chi connectivity index (χ1n) is 8.89. The Bertz CT molecular complexity index is 541. The number of ether oxygens (including phenoxy) is 2. The zero-order chi connectivity index (χ0) is 15.6. The van der Waals surface area contributed by atoms with Crippen LogP contribution in [0.15, 0.2) is 30.3 Å². The Labute approximate surface area is 137 Å². The summed E-state index contributed by atoms with van der Waals surface area (Å²) in [6.45, 7) is 2.21. The highest BCUT2D eigenvalue weighted by Gasteiger charge is 2.46. The predicted molar refractivity (Wildman–Crippen MR) is 86.8 cm³/mol. The third-order valence-electron chi connectivity index (χ3n) is 5.40. The first-order valence-corrected chi connectivity index (χ1v) is 8.89. The van der Waals surface area contributed by atoms with Crippen molar-refractivity contribution in [3.05, 3.63) is 35.9 Å². The van der Waals surface area contributed by atoms with E-state index in [4.69, 9.17) is 9.47 Å². The monoisotopic (exact) mass is 315 g/mol. The Morgan fingerprint density at radius 2 is 2.04 bits per heavy atom. The molecule has 0 saturated carbocycles. The topological polar surface area (TPSA) is 38.8 Å². The quantitative estimate of drug-likeness (QED) is 0.838. The van der Waals surface area contributed by atoms with Gasteiger partial charge in [0.1, 0.15) is 0 Å². The number of hydrogen-bond acceptors (Lipinski definition) is 3. The molecule has 1 amide bonds. The van der Waals surface area contributed by atoms with Crippen LogP contribution in [0, 0.1) is 5.92 Å². The van der Waals surface area contributed by atoms with Gasteiger partial charge in [-0.05, 0) is 37.7 Å². The number of fused-ring (bicyclic) bond motifs is 2. The van der Waals surface area contributed by atoms with Crippen LogP contribution in [-0.2, 0) is 20.8 Å². The minimum atomic E-state index is 0.0545. The highest BCUT2D eigenvalue weighted by Crippen LogP contribution is 2.40. The maximum Gasteiger partial charge on any atom is 0.228 e. The number of rotatable bonds is 5. The molecular weight excluding hydrogens is 290 g/mol. The zero-order valence-electron chi connectivity index (χ0n) is 13.5.